The quantitative estimate of drug-likeness (QED) is 0.449. The van der Waals surface area contributed by atoms with Gasteiger partial charge in [-0.15, -0.1) is 0 Å². The molecule has 0 unspecified atom stereocenters. The van der Waals surface area contributed by atoms with E-state index in [1.807, 2.05) is 47.2 Å². The van der Waals surface area contributed by atoms with Crippen LogP contribution in [0.5, 0.6) is 5.75 Å². The van der Waals surface area contributed by atoms with E-state index >= 15 is 0 Å². The van der Waals surface area contributed by atoms with Crippen LogP contribution in [0.25, 0.3) is 5.69 Å². The molecule has 1 heterocycles. The molecule has 6 heteroatoms. The number of carbonyl (C=O) groups excluding carboxylic acids is 1. The number of thioether (sulfide) groups is 1. The van der Waals surface area contributed by atoms with E-state index in [0.29, 0.717) is 16.3 Å². The summed E-state index contributed by atoms with van der Waals surface area (Å²) in [6.07, 6.45) is 3.66. The molecule has 0 aliphatic heterocycles. The molecule has 2 aromatic carbocycles. The summed E-state index contributed by atoms with van der Waals surface area (Å²) in [7, 11) is 1.63. The van der Waals surface area contributed by atoms with Crippen LogP contribution in [0, 0.1) is 0 Å². The summed E-state index contributed by atoms with van der Waals surface area (Å²) >= 11 is 7.66. The maximum atomic E-state index is 11.6. The molecule has 0 amide bonds. The lowest BCUT2D eigenvalue weighted by Gasteiger charge is -2.11. The van der Waals surface area contributed by atoms with Gasteiger partial charge >= 0.3 is 0 Å². The van der Waals surface area contributed by atoms with E-state index < -0.39 is 0 Å². The fourth-order valence-electron chi connectivity index (χ4n) is 2.47. The van der Waals surface area contributed by atoms with Gasteiger partial charge in [0, 0.05) is 40.0 Å². The van der Waals surface area contributed by atoms with Crippen LogP contribution in [0.3, 0.4) is 0 Å². The van der Waals surface area contributed by atoms with E-state index in [-0.39, 0.29) is 5.78 Å². The first-order chi connectivity index (χ1) is 12.1. The first kappa shape index (κ1) is 17.6. The third-order valence-corrected chi connectivity index (χ3v) is 4.99. The molecule has 0 bridgehead atoms. The molecule has 4 nitrogen and oxygen atoms in total. The second-order valence-corrected chi connectivity index (χ2v) is 6.81. The highest BCUT2D eigenvalue weighted by molar-refractivity contribution is 7.98. The number of carbonyl (C=O) groups is 1. The van der Waals surface area contributed by atoms with Gasteiger partial charge in [-0.05, 0) is 43.3 Å². The Hall–Kier alpha value is -2.24. The molecule has 25 heavy (non-hydrogen) atoms. The number of nitrogens with zero attached hydrogens (tertiary/aromatic N) is 2. The number of hydrogen-bond donors (Lipinski definition) is 0. The lowest BCUT2D eigenvalue weighted by molar-refractivity contribution is 0.101. The zero-order valence-corrected chi connectivity index (χ0v) is 15.5. The Morgan fingerprint density at radius 1 is 1.28 bits per heavy atom. The van der Waals surface area contributed by atoms with Crippen molar-refractivity contribution in [1.29, 1.82) is 0 Å². The lowest BCUT2D eigenvalue weighted by atomic mass is 10.1. The maximum Gasteiger partial charge on any atom is 0.172 e. The standard InChI is InChI=1S/C19H17ClN2O2S/c1-13(23)14-6-7-18(24-2)15(10-14)12-25-19-21-8-9-22(19)17-5-3-4-16(20)11-17/h3-11H,12H2,1-2H3. The summed E-state index contributed by atoms with van der Waals surface area (Å²) in [6.45, 7) is 1.56. The highest BCUT2D eigenvalue weighted by atomic mass is 35.5. The molecule has 0 saturated carbocycles. The Balaban J connectivity index is 1.85. The summed E-state index contributed by atoms with van der Waals surface area (Å²) < 4.78 is 7.40. The summed E-state index contributed by atoms with van der Waals surface area (Å²) in [6, 6.07) is 13.1. The van der Waals surface area contributed by atoms with Crippen molar-refractivity contribution in [2.24, 2.45) is 0 Å². The molecule has 3 rings (SSSR count). The number of benzene rings is 2. The molecular formula is C19H17ClN2O2S. The van der Waals surface area contributed by atoms with Crippen LogP contribution in [-0.2, 0) is 5.75 Å². The Labute approximate surface area is 155 Å². The summed E-state index contributed by atoms with van der Waals surface area (Å²) in [5, 5.41) is 1.52. The van der Waals surface area contributed by atoms with E-state index in [9.17, 15) is 4.79 Å². The normalized spacial score (nSPS) is 10.7. The first-order valence-corrected chi connectivity index (χ1v) is 9.05. The van der Waals surface area contributed by atoms with E-state index in [2.05, 4.69) is 4.98 Å². The molecule has 0 aliphatic carbocycles. The largest absolute Gasteiger partial charge is 0.496 e. The zero-order valence-electron chi connectivity index (χ0n) is 13.9. The van der Waals surface area contributed by atoms with Crippen LogP contribution in [0.1, 0.15) is 22.8 Å². The van der Waals surface area contributed by atoms with E-state index in [0.717, 1.165) is 22.2 Å². The molecule has 0 saturated heterocycles. The van der Waals surface area contributed by atoms with Crippen molar-refractivity contribution in [3.05, 3.63) is 71.0 Å². The minimum absolute atomic E-state index is 0.0364. The van der Waals surface area contributed by atoms with E-state index in [1.54, 1.807) is 38.1 Å². The topological polar surface area (TPSA) is 44.1 Å². The van der Waals surface area contributed by atoms with Crippen molar-refractivity contribution < 1.29 is 9.53 Å². The highest BCUT2D eigenvalue weighted by Crippen LogP contribution is 2.30. The Morgan fingerprint density at radius 2 is 2.12 bits per heavy atom. The predicted molar refractivity (Wildman–Crippen MR) is 101 cm³/mol. The third kappa shape index (κ3) is 4.06. The number of aromatic nitrogens is 2. The average Bonchev–Trinajstić information content (AvgIpc) is 3.08. The maximum absolute atomic E-state index is 11.6. The van der Waals surface area contributed by atoms with Crippen molar-refractivity contribution in [1.82, 2.24) is 9.55 Å². The Kier molecular flexibility index (Phi) is 5.46. The van der Waals surface area contributed by atoms with Crippen molar-refractivity contribution in [3.63, 3.8) is 0 Å². The van der Waals surface area contributed by atoms with Gasteiger partial charge in [0.2, 0.25) is 0 Å². The number of ether oxygens (including phenoxy) is 1. The van der Waals surface area contributed by atoms with Gasteiger partial charge in [-0.2, -0.15) is 0 Å². The van der Waals surface area contributed by atoms with Crippen molar-refractivity contribution >= 4 is 29.1 Å². The van der Waals surface area contributed by atoms with Gasteiger partial charge < -0.3 is 4.74 Å². The van der Waals surface area contributed by atoms with Crippen LogP contribution < -0.4 is 4.74 Å². The van der Waals surface area contributed by atoms with Gasteiger partial charge in [-0.3, -0.25) is 9.36 Å². The molecule has 128 valence electrons. The molecule has 3 aromatic rings. The molecule has 0 N–H and O–H groups in total. The monoisotopic (exact) mass is 372 g/mol. The molecule has 0 radical (unpaired) electrons. The van der Waals surface area contributed by atoms with Gasteiger partial charge in [0.05, 0.1) is 7.11 Å². The molecule has 1 aromatic heterocycles. The molecule has 0 atom stereocenters. The summed E-state index contributed by atoms with van der Waals surface area (Å²) in [4.78, 5) is 16.1. The number of halogens is 1. The fraction of sp³-hybridized carbons (Fsp3) is 0.158. The highest BCUT2D eigenvalue weighted by Gasteiger charge is 2.11. The minimum Gasteiger partial charge on any atom is -0.496 e. The van der Waals surface area contributed by atoms with Gasteiger partial charge in [-0.25, -0.2) is 4.98 Å². The van der Waals surface area contributed by atoms with Crippen molar-refractivity contribution in [2.75, 3.05) is 7.11 Å². The molecule has 0 spiro atoms. The number of methoxy groups -OCH3 is 1. The van der Waals surface area contributed by atoms with Gasteiger partial charge in [0.15, 0.2) is 10.9 Å². The Morgan fingerprint density at radius 3 is 2.84 bits per heavy atom. The van der Waals surface area contributed by atoms with Gasteiger partial charge in [0.25, 0.3) is 0 Å². The average molecular weight is 373 g/mol. The zero-order chi connectivity index (χ0) is 17.8. The predicted octanol–water partition coefficient (Wildman–Crippen LogP) is 5.03. The van der Waals surface area contributed by atoms with Crippen LogP contribution in [-0.4, -0.2) is 22.4 Å². The van der Waals surface area contributed by atoms with Crippen LogP contribution >= 0.6 is 23.4 Å². The van der Waals surface area contributed by atoms with Crippen LogP contribution in [0.15, 0.2) is 60.0 Å². The second kappa shape index (κ2) is 7.76. The second-order valence-electron chi connectivity index (χ2n) is 5.43. The SMILES string of the molecule is COc1ccc(C(C)=O)cc1CSc1nccn1-c1cccc(Cl)c1. The lowest BCUT2D eigenvalue weighted by Crippen LogP contribution is -1.98. The fourth-order valence-corrected chi connectivity index (χ4v) is 3.61. The number of imidazole rings is 1. The first-order valence-electron chi connectivity index (χ1n) is 7.68. The number of ketones is 1. The number of Topliss-reactive ketones (excluding diaryl/α,β-unsaturated/α-hetero) is 1. The van der Waals surface area contributed by atoms with Crippen molar-refractivity contribution in [3.8, 4) is 11.4 Å². The van der Waals surface area contributed by atoms with E-state index in [4.69, 9.17) is 16.3 Å². The van der Waals surface area contributed by atoms with Crippen LogP contribution in [0.4, 0.5) is 0 Å². The molecule has 0 aliphatic rings. The third-order valence-electron chi connectivity index (χ3n) is 3.74. The van der Waals surface area contributed by atoms with Crippen molar-refractivity contribution in [2.45, 2.75) is 17.8 Å². The van der Waals surface area contributed by atoms with Gasteiger partial charge in [0.1, 0.15) is 5.75 Å². The number of hydrogen-bond acceptors (Lipinski definition) is 4. The van der Waals surface area contributed by atoms with Gasteiger partial charge in [-0.1, -0.05) is 29.4 Å². The summed E-state index contributed by atoms with van der Waals surface area (Å²) in [5.74, 6) is 1.44. The Bertz CT molecular complexity index is 908. The van der Waals surface area contributed by atoms with Crippen LogP contribution in [0.2, 0.25) is 5.02 Å². The number of rotatable bonds is 6. The van der Waals surface area contributed by atoms with E-state index in [1.165, 1.54) is 0 Å². The summed E-state index contributed by atoms with van der Waals surface area (Å²) in [5.41, 5.74) is 2.59. The molecule has 0 fully saturated rings. The molecular weight excluding hydrogens is 356 g/mol. The smallest absolute Gasteiger partial charge is 0.172 e. The minimum atomic E-state index is 0.0364.